The summed E-state index contributed by atoms with van der Waals surface area (Å²) in [6, 6.07) is 0. The van der Waals surface area contributed by atoms with Gasteiger partial charge in [-0.15, -0.1) is 0 Å². The molecule has 0 radical (unpaired) electrons. The Morgan fingerprint density at radius 1 is 1.33 bits per heavy atom. The van der Waals surface area contributed by atoms with E-state index in [4.69, 9.17) is 34.7 Å². The number of hydrogen-bond acceptors (Lipinski definition) is 2. The van der Waals surface area contributed by atoms with Crippen LogP contribution in [-0.4, -0.2) is 0 Å². The van der Waals surface area contributed by atoms with Crippen LogP contribution in [0.3, 0.4) is 0 Å². The molecule has 0 unspecified atom stereocenters. The molecule has 0 aromatic rings. The maximum Gasteiger partial charge on any atom is 0.118 e. The average molecular weight is 167 g/mol. The molecular weight excluding hydrogens is 159 g/mol. The van der Waals surface area contributed by atoms with E-state index in [0.717, 1.165) is 0 Å². The van der Waals surface area contributed by atoms with Crippen molar-refractivity contribution >= 4 is 23.2 Å². The van der Waals surface area contributed by atoms with Crippen molar-refractivity contribution in [1.82, 2.24) is 0 Å². The zero-order valence-electron chi connectivity index (χ0n) is 4.99. The Morgan fingerprint density at radius 2 is 1.78 bits per heavy atom. The Morgan fingerprint density at radius 3 is 1.89 bits per heavy atom. The first-order valence-corrected chi connectivity index (χ1v) is 3.04. The van der Waals surface area contributed by atoms with Crippen LogP contribution >= 0.6 is 23.2 Å². The first-order valence-electron chi connectivity index (χ1n) is 2.28. The van der Waals surface area contributed by atoms with Gasteiger partial charge in [-0.3, -0.25) is 0 Å². The molecule has 0 heterocycles. The Labute approximate surface area is 64.1 Å². The lowest BCUT2D eigenvalue weighted by Gasteiger charge is -1.91. The molecule has 0 amide bonds. The van der Waals surface area contributed by atoms with Crippen LogP contribution in [0.1, 0.15) is 6.92 Å². The van der Waals surface area contributed by atoms with Crippen LogP contribution in [0, 0.1) is 0 Å². The van der Waals surface area contributed by atoms with Crippen molar-refractivity contribution in [2.24, 2.45) is 11.5 Å². The summed E-state index contributed by atoms with van der Waals surface area (Å²) in [7, 11) is 0. The molecule has 0 aromatic carbocycles. The zero-order valence-corrected chi connectivity index (χ0v) is 6.50. The monoisotopic (exact) mass is 166 g/mol. The van der Waals surface area contributed by atoms with Gasteiger partial charge in [0.15, 0.2) is 0 Å². The van der Waals surface area contributed by atoms with E-state index in [0.29, 0.717) is 5.70 Å². The van der Waals surface area contributed by atoms with Gasteiger partial charge < -0.3 is 11.5 Å². The molecule has 0 atom stereocenters. The topological polar surface area (TPSA) is 52.0 Å². The molecule has 4 N–H and O–H groups in total. The summed E-state index contributed by atoms with van der Waals surface area (Å²) in [5.41, 5.74) is 10.9. The molecule has 0 aromatic heterocycles. The summed E-state index contributed by atoms with van der Waals surface area (Å²) in [4.78, 5) is 0. The normalized spacial score (nSPS) is 15.2. The largest absolute Gasteiger partial charge is 0.402 e. The molecule has 0 fully saturated rings. The summed E-state index contributed by atoms with van der Waals surface area (Å²) < 4.78 is 0. The van der Waals surface area contributed by atoms with Gasteiger partial charge in [-0.05, 0) is 13.0 Å². The van der Waals surface area contributed by atoms with Crippen molar-refractivity contribution < 1.29 is 0 Å². The van der Waals surface area contributed by atoms with Gasteiger partial charge in [0.1, 0.15) is 5.16 Å². The highest BCUT2D eigenvalue weighted by Gasteiger charge is 1.90. The summed E-state index contributed by atoms with van der Waals surface area (Å²) in [6.45, 7) is 1.70. The third-order valence-corrected chi connectivity index (χ3v) is 1.20. The van der Waals surface area contributed by atoms with Gasteiger partial charge in [-0.2, -0.15) is 0 Å². The van der Waals surface area contributed by atoms with Gasteiger partial charge in [0.05, 0.1) is 5.03 Å². The molecule has 0 rings (SSSR count). The third kappa shape index (κ3) is 4.18. The molecule has 2 nitrogen and oxygen atoms in total. The van der Waals surface area contributed by atoms with E-state index < -0.39 is 0 Å². The lowest BCUT2D eigenvalue weighted by molar-refractivity contribution is 1.31. The summed E-state index contributed by atoms with van der Waals surface area (Å²) >= 11 is 10.8. The molecule has 9 heavy (non-hydrogen) atoms. The minimum absolute atomic E-state index is 0.0569. The molecular formula is C5H8Cl2N2. The first-order chi connectivity index (χ1) is 4.04. The lowest BCUT2D eigenvalue weighted by Crippen LogP contribution is -1.93. The van der Waals surface area contributed by atoms with Crippen molar-refractivity contribution in [3.63, 3.8) is 0 Å². The highest BCUT2D eigenvalue weighted by molar-refractivity contribution is 6.39. The second-order valence-corrected chi connectivity index (χ2v) is 2.40. The summed E-state index contributed by atoms with van der Waals surface area (Å²) in [6.07, 6.45) is 1.49. The second-order valence-electron chi connectivity index (χ2n) is 1.58. The Bertz CT molecular complexity index is 152. The van der Waals surface area contributed by atoms with E-state index in [1.807, 2.05) is 0 Å². The smallest absolute Gasteiger partial charge is 0.118 e. The number of nitrogens with two attached hydrogens (primary N) is 2. The highest BCUT2D eigenvalue weighted by atomic mass is 35.5. The molecule has 0 spiro atoms. The molecule has 0 aliphatic rings. The van der Waals surface area contributed by atoms with Crippen molar-refractivity contribution in [1.29, 1.82) is 0 Å². The predicted octanol–water partition coefficient (Wildman–Crippen LogP) is 1.45. The van der Waals surface area contributed by atoms with Crippen LogP contribution in [0.4, 0.5) is 0 Å². The maximum absolute atomic E-state index is 5.48. The minimum Gasteiger partial charge on any atom is -0.402 e. The molecule has 0 saturated heterocycles. The van der Waals surface area contributed by atoms with Crippen LogP contribution in [0.5, 0.6) is 0 Å². The van der Waals surface area contributed by atoms with E-state index >= 15 is 0 Å². The van der Waals surface area contributed by atoms with E-state index in [2.05, 4.69) is 0 Å². The number of rotatable bonds is 1. The van der Waals surface area contributed by atoms with Gasteiger partial charge in [0, 0.05) is 5.70 Å². The number of halogens is 2. The van der Waals surface area contributed by atoms with Gasteiger partial charge in [0.25, 0.3) is 0 Å². The van der Waals surface area contributed by atoms with Crippen molar-refractivity contribution in [2.75, 3.05) is 0 Å². The quantitative estimate of drug-likeness (QED) is 0.458. The van der Waals surface area contributed by atoms with Gasteiger partial charge in [-0.1, -0.05) is 23.2 Å². The van der Waals surface area contributed by atoms with Crippen LogP contribution in [-0.2, 0) is 0 Å². The van der Waals surface area contributed by atoms with E-state index in [9.17, 15) is 0 Å². The fraction of sp³-hybridized carbons (Fsp3) is 0.200. The summed E-state index contributed by atoms with van der Waals surface area (Å²) in [5.74, 6) is 0. The minimum atomic E-state index is 0.0569. The van der Waals surface area contributed by atoms with Crippen molar-refractivity contribution in [3.05, 3.63) is 22.0 Å². The fourth-order valence-electron chi connectivity index (χ4n) is 0.269. The molecule has 52 valence electrons. The number of allylic oxidation sites excluding steroid dienone is 3. The summed E-state index contributed by atoms with van der Waals surface area (Å²) in [5, 5.41) is 0.332. The van der Waals surface area contributed by atoms with Crippen molar-refractivity contribution in [3.8, 4) is 0 Å². The zero-order chi connectivity index (χ0) is 7.44. The SMILES string of the molecule is C/C(N)=C/C(Cl)=C(\N)Cl. The van der Waals surface area contributed by atoms with Crippen molar-refractivity contribution in [2.45, 2.75) is 6.92 Å². The Balaban J connectivity index is 4.25. The van der Waals surface area contributed by atoms with E-state index in [-0.39, 0.29) is 10.2 Å². The predicted molar refractivity (Wildman–Crippen MR) is 40.9 cm³/mol. The van der Waals surface area contributed by atoms with Crippen LogP contribution in [0.15, 0.2) is 22.0 Å². The first kappa shape index (κ1) is 8.66. The van der Waals surface area contributed by atoms with E-state index in [1.165, 1.54) is 6.08 Å². The molecule has 0 bridgehead atoms. The standard InChI is InChI=1S/C5H8Cl2N2/c1-3(8)2-4(6)5(7)9/h2H,8-9H2,1H3/b3-2-,5-4+. The van der Waals surface area contributed by atoms with E-state index in [1.54, 1.807) is 6.92 Å². The molecule has 0 saturated carbocycles. The lowest BCUT2D eigenvalue weighted by atomic mass is 10.4. The molecule has 0 aliphatic carbocycles. The fourth-order valence-corrected chi connectivity index (χ4v) is 0.495. The Hall–Kier alpha value is -0.340. The van der Waals surface area contributed by atoms with Gasteiger partial charge in [-0.25, -0.2) is 0 Å². The maximum atomic E-state index is 5.48. The highest BCUT2D eigenvalue weighted by Crippen LogP contribution is 2.10. The molecule has 0 aliphatic heterocycles. The average Bonchev–Trinajstić information content (AvgIpc) is 1.63. The Kier molecular flexibility index (Phi) is 3.50. The van der Waals surface area contributed by atoms with Crippen LogP contribution < -0.4 is 11.5 Å². The molecule has 4 heteroatoms. The van der Waals surface area contributed by atoms with Gasteiger partial charge in [0.2, 0.25) is 0 Å². The second kappa shape index (κ2) is 3.64. The third-order valence-electron chi connectivity index (χ3n) is 0.583. The number of hydrogen-bond donors (Lipinski definition) is 2. The van der Waals surface area contributed by atoms with Gasteiger partial charge >= 0.3 is 0 Å². The van der Waals surface area contributed by atoms with Crippen LogP contribution in [0.2, 0.25) is 0 Å². The van der Waals surface area contributed by atoms with Crippen LogP contribution in [0.25, 0.3) is 0 Å².